The highest BCUT2D eigenvalue weighted by Crippen LogP contribution is 2.48. The number of hydrogen-bond donors (Lipinski definition) is 0. The third-order valence-electron chi connectivity index (χ3n) is 10.8. The molecule has 0 aliphatic rings. The van der Waals surface area contributed by atoms with Crippen LogP contribution in [-0.2, 0) is 0 Å². The zero-order chi connectivity index (χ0) is 36.3. The summed E-state index contributed by atoms with van der Waals surface area (Å²) in [5.74, 6) is 0. The van der Waals surface area contributed by atoms with Crippen molar-refractivity contribution in [2.45, 2.75) is 0 Å². The van der Waals surface area contributed by atoms with E-state index in [4.69, 9.17) is 8.83 Å². The quantitative estimate of drug-likeness (QED) is 0.173. The highest BCUT2D eigenvalue weighted by atomic mass is 16.3. The molecule has 55 heavy (non-hydrogen) atoms. The molecule has 0 saturated heterocycles. The molecule has 0 N–H and O–H groups in total. The Balaban J connectivity index is 1.20. The number of fused-ring (bicyclic) bond motifs is 8. The minimum Gasteiger partial charge on any atom is -0.456 e. The number of anilines is 3. The Morgan fingerprint density at radius 3 is 1.51 bits per heavy atom. The van der Waals surface area contributed by atoms with Gasteiger partial charge in [0.1, 0.15) is 16.7 Å². The van der Waals surface area contributed by atoms with Crippen LogP contribution in [0.3, 0.4) is 0 Å². The minimum absolute atomic E-state index is 0.816. The van der Waals surface area contributed by atoms with Gasteiger partial charge >= 0.3 is 0 Å². The van der Waals surface area contributed by atoms with Gasteiger partial charge in [0.25, 0.3) is 0 Å². The van der Waals surface area contributed by atoms with E-state index in [1.165, 1.54) is 21.9 Å². The summed E-state index contributed by atoms with van der Waals surface area (Å²) in [5, 5.41) is 6.66. The fraction of sp³-hybridized carbons (Fsp3) is 0. The van der Waals surface area contributed by atoms with E-state index in [0.717, 1.165) is 83.2 Å². The van der Waals surface area contributed by atoms with E-state index in [1.807, 2.05) is 24.3 Å². The van der Waals surface area contributed by atoms with Crippen LogP contribution in [0.5, 0.6) is 0 Å². The summed E-state index contributed by atoms with van der Waals surface area (Å²) in [6.45, 7) is 0. The average Bonchev–Trinajstić information content (AvgIpc) is 3.83. The maximum Gasteiger partial charge on any atom is 0.159 e. The molecule has 0 aliphatic carbocycles. The van der Waals surface area contributed by atoms with Gasteiger partial charge in [0.15, 0.2) is 5.58 Å². The van der Waals surface area contributed by atoms with Crippen LogP contribution in [0.2, 0.25) is 0 Å². The molecule has 0 unspecified atom stereocenters. The maximum atomic E-state index is 7.00. The van der Waals surface area contributed by atoms with Crippen molar-refractivity contribution in [2.24, 2.45) is 0 Å². The molecule has 3 heteroatoms. The van der Waals surface area contributed by atoms with E-state index in [1.54, 1.807) is 0 Å². The van der Waals surface area contributed by atoms with Gasteiger partial charge in [-0.15, -0.1) is 0 Å². The Morgan fingerprint density at radius 2 is 0.836 bits per heavy atom. The van der Waals surface area contributed by atoms with Crippen molar-refractivity contribution >= 4 is 71.7 Å². The zero-order valence-corrected chi connectivity index (χ0v) is 29.8. The number of rotatable bonds is 6. The van der Waals surface area contributed by atoms with Gasteiger partial charge in [-0.05, 0) is 105 Å². The molecule has 2 heterocycles. The van der Waals surface area contributed by atoms with Crippen LogP contribution < -0.4 is 4.90 Å². The number of benzene rings is 9. The van der Waals surface area contributed by atoms with Crippen molar-refractivity contribution < 1.29 is 8.83 Å². The van der Waals surface area contributed by atoms with Gasteiger partial charge < -0.3 is 13.7 Å². The number of hydrogen-bond acceptors (Lipinski definition) is 3. The van der Waals surface area contributed by atoms with Crippen LogP contribution in [0.1, 0.15) is 0 Å². The summed E-state index contributed by atoms with van der Waals surface area (Å²) in [5.41, 5.74) is 13.3. The van der Waals surface area contributed by atoms with E-state index in [-0.39, 0.29) is 0 Å². The molecule has 11 rings (SSSR count). The molecule has 0 atom stereocenters. The Kier molecular flexibility index (Phi) is 7.17. The van der Waals surface area contributed by atoms with E-state index >= 15 is 0 Å². The lowest BCUT2D eigenvalue weighted by molar-refractivity contribution is 0.663. The standard InChI is InChI=1S/C52H33NO2/c1-3-11-34(12-4-1)37-21-25-42(26-22-37)53(43-27-23-38(24-28-43)35-13-5-2-6-14-35)46-33-41(40-20-19-36-15-7-8-16-39(36)31-40)32-45-51-49(55-52(45)46)30-29-48-50(51)44-17-9-10-18-47(44)54-48/h1-33H. The van der Waals surface area contributed by atoms with Crippen molar-refractivity contribution in [1.82, 2.24) is 0 Å². The molecule has 11 aromatic rings. The summed E-state index contributed by atoms with van der Waals surface area (Å²) < 4.78 is 13.4. The molecule has 2 aromatic heterocycles. The van der Waals surface area contributed by atoms with Gasteiger partial charge in [-0.3, -0.25) is 0 Å². The first-order valence-corrected chi connectivity index (χ1v) is 18.7. The van der Waals surface area contributed by atoms with Gasteiger partial charge in [-0.25, -0.2) is 0 Å². The summed E-state index contributed by atoms with van der Waals surface area (Å²) in [6, 6.07) is 71.0. The monoisotopic (exact) mass is 703 g/mol. The number of para-hydroxylation sites is 1. The van der Waals surface area contributed by atoms with Crippen molar-refractivity contribution in [2.75, 3.05) is 4.90 Å². The molecule has 0 bridgehead atoms. The number of nitrogens with zero attached hydrogens (tertiary/aromatic N) is 1. The molecule has 0 radical (unpaired) electrons. The second-order valence-electron chi connectivity index (χ2n) is 14.1. The second kappa shape index (κ2) is 12.6. The SMILES string of the molecule is c1ccc(-c2ccc(N(c3ccc(-c4ccccc4)cc3)c3cc(-c4ccc5ccccc5c4)cc4c3oc3ccc5oc6ccccc6c5c34)cc2)cc1. The van der Waals surface area contributed by atoms with E-state index in [0.29, 0.717) is 0 Å². The van der Waals surface area contributed by atoms with Crippen LogP contribution in [0.25, 0.3) is 88.0 Å². The molecule has 0 aliphatic heterocycles. The summed E-state index contributed by atoms with van der Waals surface area (Å²) >= 11 is 0. The molecule has 3 nitrogen and oxygen atoms in total. The van der Waals surface area contributed by atoms with E-state index < -0.39 is 0 Å². The molecular weight excluding hydrogens is 671 g/mol. The van der Waals surface area contributed by atoms with Gasteiger partial charge in [0, 0.05) is 32.9 Å². The zero-order valence-electron chi connectivity index (χ0n) is 29.8. The van der Waals surface area contributed by atoms with Crippen molar-refractivity contribution in [1.29, 1.82) is 0 Å². The Hall–Kier alpha value is -7.36. The largest absolute Gasteiger partial charge is 0.456 e. The predicted octanol–water partition coefficient (Wildman–Crippen LogP) is 15.1. The highest BCUT2D eigenvalue weighted by Gasteiger charge is 2.24. The summed E-state index contributed by atoms with van der Waals surface area (Å²) in [7, 11) is 0. The molecule has 9 aromatic carbocycles. The Bertz CT molecular complexity index is 3090. The predicted molar refractivity (Wildman–Crippen MR) is 229 cm³/mol. The van der Waals surface area contributed by atoms with Gasteiger partial charge in [0.05, 0.1) is 5.69 Å². The Morgan fingerprint density at radius 1 is 0.309 bits per heavy atom. The van der Waals surface area contributed by atoms with E-state index in [2.05, 4.69) is 181 Å². The first-order valence-electron chi connectivity index (χ1n) is 18.7. The fourth-order valence-electron chi connectivity index (χ4n) is 8.16. The lowest BCUT2D eigenvalue weighted by Gasteiger charge is -2.26. The van der Waals surface area contributed by atoms with Crippen molar-refractivity contribution in [3.8, 4) is 33.4 Å². The lowest BCUT2D eigenvalue weighted by atomic mass is 9.97. The molecule has 0 saturated carbocycles. The maximum absolute atomic E-state index is 7.00. The van der Waals surface area contributed by atoms with Crippen LogP contribution in [-0.4, -0.2) is 0 Å². The first-order chi connectivity index (χ1) is 27.2. The summed E-state index contributed by atoms with van der Waals surface area (Å²) in [4.78, 5) is 2.34. The normalized spacial score (nSPS) is 11.6. The van der Waals surface area contributed by atoms with Crippen molar-refractivity contribution in [3.05, 3.63) is 200 Å². The van der Waals surface area contributed by atoms with E-state index in [9.17, 15) is 0 Å². The average molecular weight is 704 g/mol. The third kappa shape index (κ3) is 5.28. The second-order valence-corrected chi connectivity index (χ2v) is 14.1. The smallest absolute Gasteiger partial charge is 0.159 e. The van der Waals surface area contributed by atoms with Crippen LogP contribution >= 0.6 is 0 Å². The molecular formula is C52H33NO2. The van der Waals surface area contributed by atoms with Gasteiger partial charge in [0.2, 0.25) is 0 Å². The van der Waals surface area contributed by atoms with Gasteiger partial charge in [-0.2, -0.15) is 0 Å². The highest BCUT2D eigenvalue weighted by molar-refractivity contribution is 6.27. The summed E-state index contributed by atoms with van der Waals surface area (Å²) in [6.07, 6.45) is 0. The van der Waals surface area contributed by atoms with Gasteiger partial charge in [-0.1, -0.05) is 140 Å². The molecule has 258 valence electrons. The fourth-order valence-corrected chi connectivity index (χ4v) is 8.16. The molecule has 0 spiro atoms. The first kappa shape index (κ1) is 31.2. The van der Waals surface area contributed by atoms with Crippen molar-refractivity contribution in [3.63, 3.8) is 0 Å². The minimum atomic E-state index is 0.816. The molecule has 0 fully saturated rings. The Labute approximate surface area is 317 Å². The van der Waals surface area contributed by atoms with Crippen LogP contribution in [0.15, 0.2) is 209 Å². The topological polar surface area (TPSA) is 29.5 Å². The van der Waals surface area contributed by atoms with Crippen LogP contribution in [0, 0.1) is 0 Å². The third-order valence-corrected chi connectivity index (χ3v) is 10.8. The molecule has 0 amide bonds. The van der Waals surface area contributed by atoms with Crippen LogP contribution in [0.4, 0.5) is 17.1 Å². The number of furan rings is 2. The lowest BCUT2D eigenvalue weighted by Crippen LogP contribution is -2.10.